The molecule has 0 saturated carbocycles. The summed E-state index contributed by atoms with van der Waals surface area (Å²) in [5.41, 5.74) is 0. The van der Waals surface area contributed by atoms with E-state index in [-0.39, 0.29) is 31.1 Å². The number of ether oxygens (including phenoxy) is 3. The molecule has 6 nitrogen and oxygen atoms in total. The third-order valence-corrected chi connectivity index (χ3v) is 12.1. The van der Waals surface area contributed by atoms with Crippen LogP contribution in [0.2, 0.25) is 0 Å². The van der Waals surface area contributed by atoms with Crippen LogP contribution in [0.15, 0.2) is 36.5 Å². The van der Waals surface area contributed by atoms with Crippen molar-refractivity contribution < 1.29 is 28.6 Å². The first kappa shape index (κ1) is 60.6. The molecular formula is C57H104O6. The van der Waals surface area contributed by atoms with Gasteiger partial charge in [-0.2, -0.15) is 0 Å². The van der Waals surface area contributed by atoms with Crippen molar-refractivity contribution in [3.8, 4) is 0 Å². The van der Waals surface area contributed by atoms with Gasteiger partial charge in [-0.1, -0.05) is 237 Å². The number of hydrogen-bond donors (Lipinski definition) is 0. The second-order valence-electron chi connectivity index (χ2n) is 18.5. The molecule has 0 spiro atoms. The molecule has 6 heteroatoms. The van der Waals surface area contributed by atoms with Crippen molar-refractivity contribution in [1.82, 2.24) is 0 Å². The lowest BCUT2D eigenvalue weighted by atomic mass is 10.0. The SMILES string of the molecule is CCCCC/C=C\C=C/CCCCCCCCC(=O)OCC(COC(=O)CCCCCCCCCCCCCCCCC)OC(=O)CCCCCCCCC/C=C\CCCCCC. The average molecular weight is 885 g/mol. The lowest BCUT2D eigenvalue weighted by molar-refractivity contribution is -0.167. The van der Waals surface area contributed by atoms with Crippen molar-refractivity contribution in [3.63, 3.8) is 0 Å². The lowest BCUT2D eigenvalue weighted by Crippen LogP contribution is -2.30. The molecule has 0 fully saturated rings. The van der Waals surface area contributed by atoms with Crippen LogP contribution >= 0.6 is 0 Å². The topological polar surface area (TPSA) is 78.9 Å². The fourth-order valence-corrected chi connectivity index (χ4v) is 7.96. The van der Waals surface area contributed by atoms with E-state index in [4.69, 9.17) is 14.2 Å². The summed E-state index contributed by atoms with van der Waals surface area (Å²) in [6.07, 6.45) is 61.2. The first-order chi connectivity index (χ1) is 31.0. The van der Waals surface area contributed by atoms with Gasteiger partial charge in [0.05, 0.1) is 0 Å². The van der Waals surface area contributed by atoms with Crippen LogP contribution in [0.3, 0.4) is 0 Å². The Labute approximate surface area is 391 Å². The minimum Gasteiger partial charge on any atom is -0.462 e. The van der Waals surface area contributed by atoms with E-state index in [1.54, 1.807) is 0 Å². The van der Waals surface area contributed by atoms with Gasteiger partial charge < -0.3 is 14.2 Å². The van der Waals surface area contributed by atoms with Crippen LogP contribution in [0.4, 0.5) is 0 Å². The van der Waals surface area contributed by atoms with Crippen LogP contribution in [-0.2, 0) is 28.6 Å². The van der Waals surface area contributed by atoms with Crippen LogP contribution in [0.25, 0.3) is 0 Å². The highest BCUT2D eigenvalue weighted by molar-refractivity contribution is 5.71. The smallest absolute Gasteiger partial charge is 0.306 e. The van der Waals surface area contributed by atoms with Gasteiger partial charge >= 0.3 is 17.9 Å². The van der Waals surface area contributed by atoms with Crippen molar-refractivity contribution in [2.45, 2.75) is 297 Å². The van der Waals surface area contributed by atoms with Crippen LogP contribution in [0.1, 0.15) is 290 Å². The molecule has 0 amide bonds. The molecule has 0 bridgehead atoms. The Hall–Kier alpha value is -2.37. The monoisotopic (exact) mass is 885 g/mol. The summed E-state index contributed by atoms with van der Waals surface area (Å²) < 4.78 is 16.8. The van der Waals surface area contributed by atoms with Gasteiger partial charge in [0.15, 0.2) is 6.10 Å². The van der Waals surface area contributed by atoms with Crippen molar-refractivity contribution >= 4 is 17.9 Å². The summed E-state index contributed by atoms with van der Waals surface area (Å²) >= 11 is 0. The van der Waals surface area contributed by atoms with Crippen LogP contribution in [0.5, 0.6) is 0 Å². The molecule has 0 aromatic rings. The van der Waals surface area contributed by atoms with Crippen molar-refractivity contribution in [1.29, 1.82) is 0 Å². The first-order valence-corrected chi connectivity index (χ1v) is 27.5. The highest BCUT2D eigenvalue weighted by Crippen LogP contribution is 2.16. The molecule has 0 saturated heterocycles. The van der Waals surface area contributed by atoms with E-state index < -0.39 is 6.10 Å². The number of esters is 3. The molecule has 0 heterocycles. The van der Waals surface area contributed by atoms with E-state index in [2.05, 4.69) is 57.2 Å². The van der Waals surface area contributed by atoms with E-state index in [1.165, 1.54) is 186 Å². The summed E-state index contributed by atoms with van der Waals surface area (Å²) in [4.78, 5) is 38.1. The van der Waals surface area contributed by atoms with Gasteiger partial charge in [-0.3, -0.25) is 14.4 Å². The predicted octanol–water partition coefficient (Wildman–Crippen LogP) is 18.1. The number of carbonyl (C=O) groups excluding carboxylic acids is 3. The van der Waals surface area contributed by atoms with Crippen LogP contribution in [-0.4, -0.2) is 37.2 Å². The van der Waals surface area contributed by atoms with Crippen molar-refractivity contribution in [3.05, 3.63) is 36.5 Å². The quantitative estimate of drug-likeness (QED) is 0.0199. The second-order valence-corrected chi connectivity index (χ2v) is 18.5. The number of carbonyl (C=O) groups is 3. The zero-order valence-corrected chi connectivity index (χ0v) is 42.1. The van der Waals surface area contributed by atoms with Gasteiger partial charge in [-0.25, -0.2) is 0 Å². The number of unbranched alkanes of at least 4 members (excludes halogenated alkanes) is 34. The molecule has 0 aliphatic carbocycles. The van der Waals surface area contributed by atoms with Gasteiger partial charge in [0.2, 0.25) is 0 Å². The minimum absolute atomic E-state index is 0.0743. The number of allylic oxidation sites excluding steroid dienone is 6. The Balaban J connectivity index is 4.37. The summed E-state index contributed by atoms with van der Waals surface area (Å²) in [6, 6.07) is 0. The van der Waals surface area contributed by atoms with Gasteiger partial charge in [0.1, 0.15) is 13.2 Å². The van der Waals surface area contributed by atoms with Gasteiger partial charge in [-0.15, -0.1) is 0 Å². The highest BCUT2D eigenvalue weighted by Gasteiger charge is 2.19. The lowest BCUT2D eigenvalue weighted by Gasteiger charge is -2.18. The Bertz CT molecular complexity index is 1060. The maximum absolute atomic E-state index is 12.8. The minimum atomic E-state index is -0.776. The molecular weight excluding hydrogens is 781 g/mol. The summed E-state index contributed by atoms with van der Waals surface area (Å²) in [7, 11) is 0. The van der Waals surface area contributed by atoms with E-state index in [1.807, 2.05) is 0 Å². The van der Waals surface area contributed by atoms with Gasteiger partial charge in [0.25, 0.3) is 0 Å². The molecule has 0 aromatic carbocycles. The molecule has 1 atom stereocenters. The molecule has 0 rings (SSSR count). The molecule has 0 aliphatic heterocycles. The Morgan fingerprint density at radius 3 is 0.937 bits per heavy atom. The maximum Gasteiger partial charge on any atom is 0.306 e. The first-order valence-electron chi connectivity index (χ1n) is 27.5. The summed E-state index contributed by atoms with van der Waals surface area (Å²) in [5.74, 6) is -0.877. The molecule has 0 N–H and O–H groups in total. The van der Waals surface area contributed by atoms with E-state index in [0.717, 1.165) is 64.2 Å². The molecule has 1 unspecified atom stereocenters. The van der Waals surface area contributed by atoms with Crippen molar-refractivity contribution in [2.75, 3.05) is 13.2 Å². The zero-order chi connectivity index (χ0) is 45.8. The number of hydrogen-bond acceptors (Lipinski definition) is 6. The highest BCUT2D eigenvalue weighted by atomic mass is 16.6. The molecule has 63 heavy (non-hydrogen) atoms. The summed E-state index contributed by atoms with van der Waals surface area (Å²) in [6.45, 7) is 6.62. The average Bonchev–Trinajstić information content (AvgIpc) is 3.28. The van der Waals surface area contributed by atoms with Gasteiger partial charge in [0, 0.05) is 19.3 Å². The van der Waals surface area contributed by atoms with E-state index in [0.29, 0.717) is 19.3 Å². The fraction of sp³-hybridized carbons (Fsp3) is 0.842. The van der Waals surface area contributed by atoms with Crippen molar-refractivity contribution in [2.24, 2.45) is 0 Å². The fourth-order valence-electron chi connectivity index (χ4n) is 7.96. The number of rotatable bonds is 50. The van der Waals surface area contributed by atoms with Crippen LogP contribution in [0, 0.1) is 0 Å². The van der Waals surface area contributed by atoms with E-state index >= 15 is 0 Å². The Morgan fingerprint density at radius 2 is 0.571 bits per heavy atom. The zero-order valence-electron chi connectivity index (χ0n) is 42.1. The standard InChI is InChI=1S/C57H104O6/c1-4-7-10-13-16-19-22-25-28-31-34-37-40-43-46-49-55(58)61-52-54(63-57(60)51-48-45-42-39-36-33-30-27-24-21-18-15-12-9-6-3)53-62-56(59)50-47-44-41-38-35-32-29-26-23-20-17-14-11-8-5-2/h16,19,21-22,24-25,54H,4-15,17-18,20,23,26-53H2,1-3H3/b19-16-,24-21-,25-22-. The predicted molar refractivity (Wildman–Crippen MR) is 270 cm³/mol. The van der Waals surface area contributed by atoms with E-state index in [9.17, 15) is 14.4 Å². The largest absolute Gasteiger partial charge is 0.462 e. The third-order valence-electron chi connectivity index (χ3n) is 12.1. The summed E-state index contributed by atoms with van der Waals surface area (Å²) in [5, 5.41) is 0. The third kappa shape index (κ3) is 50.5. The maximum atomic E-state index is 12.8. The van der Waals surface area contributed by atoms with Gasteiger partial charge in [-0.05, 0) is 70.6 Å². The molecule has 0 aromatic heterocycles. The van der Waals surface area contributed by atoms with Crippen LogP contribution < -0.4 is 0 Å². The molecule has 0 aliphatic rings. The normalized spacial score (nSPS) is 12.2. The Morgan fingerprint density at radius 1 is 0.317 bits per heavy atom. The molecule has 0 radical (unpaired) electrons. The Kier molecular flexibility index (Phi) is 50.3. The molecule has 368 valence electrons. The second kappa shape index (κ2) is 52.3.